The minimum absolute atomic E-state index is 0.0395. The lowest BCUT2D eigenvalue weighted by Gasteiger charge is -2.35. The number of ether oxygens (including phenoxy) is 4. The van der Waals surface area contributed by atoms with Gasteiger partial charge in [0.15, 0.2) is 17.8 Å². The molecule has 0 unspecified atom stereocenters. The number of methoxy groups -OCH3 is 1. The number of aliphatic hydroxyl groups is 1. The monoisotopic (exact) mass is 484 g/mol. The van der Waals surface area contributed by atoms with Crippen LogP contribution in [0.1, 0.15) is 40.5 Å². The van der Waals surface area contributed by atoms with Crippen molar-refractivity contribution in [1.82, 2.24) is 0 Å². The van der Waals surface area contributed by atoms with Gasteiger partial charge in [0.2, 0.25) is 0 Å². The van der Waals surface area contributed by atoms with Gasteiger partial charge in [-0.3, -0.25) is 4.79 Å². The van der Waals surface area contributed by atoms with Crippen LogP contribution in [0, 0.1) is 5.92 Å². The molecule has 0 radical (unpaired) electrons. The summed E-state index contributed by atoms with van der Waals surface area (Å²) in [5, 5.41) is 9.51. The molecule has 33 heavy (non-hydrogen) atoms. The van der Waals surface area contributed by atoms with Crippen molar-refractivity contribution in [3.05, 3.63) is 35.5 Å². The number of carbonyl (C=O) groups is 4. The molecule has 1 N–H and O–H groups in total. The second-order valence-electron chi connectivity index (χ2n) is 8.29. The Morgan fingerprint density at radius 3 is 2.52 bits per heavy atom. The molecule has 1 saturated heterocycles. The molecule has 9 nitrogen and oxygen atoms in total. The Bertz CT molecular complexity index is 900. The molecule has 0 aromatic heterocycles. The highest BCUT2D eigenvalue weighted by Crippen LogP contribution is 2.38. The SMILES string of the molecule is C=C1C(=O)O[C@@H]2/C=C(\C)CC/C=C(/C(=O)OC)[C@H](OC(C)=O)[C@@H](OC(=O)[C@](C)(O)[C@@H](C)Cl)[C@@H]12. The molecule has 2 aliphatic rings. The van der Waals surface area contributed by atoms with Gasteiger partial charge in [0, 0.05) is 12.5 Å². The second kappa shape index (κ2) is 10.5. The van der Waals surface area contributed by atoms with Crippen molar-refractivity contribution in [2.45, 2.75) is 69.8 Å². The zero-order chi connectivity index (χ0) is 25.1. The maximum absolute atomic E-state index is 12.9. The Labute approximate surface area is 197 Å². The average molecular weight is 485 g/mol. The minimum Gasteiger partial charge on any atom is -0.466 e. The first-order valence-electron chi connectivity index (χ1n) is 10.4. The molecule has 0 spiro atoms. The van der Waals surface area contributed by atoms with E-state index in [0.717, 1.165) is 26.5 Å². The van der Waals surface area contributed by atoms with Gasteiger partial charge in [0.1, 0.15) is 6.10 Å². The van der Waals surface area contributed by atoms with Gasteiger partial charge in [-0.05, 0) is 39.7 Å². The summed E-state index contributed by atoms with van der Waals surface area (Å²) < 4.78 is 21.4. The van der Waals surface area contributed by atoms with Crippen molar-refractivity contribution in [3.8, 4) is 0 Å². The molecule has 0 amide bonds. The zero-order valence-electron chi connectivity index (χ0n) is 19.3. The molecule has 6 atom stereocenters. The van der Waals surface area contributed by atoms with Gasteiger partial charge in [-0.15, -0.1) is 11.6 Å². The van der Waals surface area contributed by atoms with Crippen LogP contribution in [-0.2, 0) is 38.1 Å². The number of hydrogen-bond donors (Lipinski definition) is 1. The molecule has 1 heterocycles. The largest absolute Gasteiger partial charge is 0.466 e. The number of hydrogen-bond acceptors (Lipinski definition) is 9. The lowest BCUT2D eigenvalue weighted by molar-refractivity contribution is -0.183. The highest BCUT2D eigenvalue weighted by molar-refractivity contribution is 6.22. The fourth-order valence-corrected chi connectivity index (χ4v) is 3.69. The van der Waals surface area contributed by atoms with Gasteiger partial charge in [-0.25, -0.2) is 14.4 Å². The number of rotatable bonds is 5. The summed E-state index contributed by atoms with van der Waals surface area (Å²) >= 11 is 5.96. The topological polar surface area (TPSA) is 125 Å². The van der Waals surface area contributed by atoms with Crippen LogP contribution in [0.4, 0.5) is 0 Å². The van der Waals surface area contributed by atoms with E-state index in [1.807, 2.05) is 6.92 Å². The Hall–Kier alpha value is -2.65. The minimum atomic E-state index is -2.13. The molecule has 2 rings (SSSR count). The van der Waals surface area contributed by atoms with E-state index in [4.69, 9.17) is 30.5 Å². The number of halogens is 1. The van der Waals surface area contributed by atoms with Crippen LogP contribution in [0.2, 0.25) is 0 Å². The van der Waals surface area contributed by atoms with E-state index in [2.05, 4.69) is 6.58 Å². The number of esters is 4. The van der Waals surface area contributed by atoms with E-state index in [0.29, 0.717) is 12.8 Å². The molecule has 0 bridgehead atoms. The lowest BCUT2D eigenvalue weighted by atomic mass is 9.83. The maximum atomic E-state index is 12.9. The molecule has 1 fully saturated rings. The molecule has 10 heteroatoms. The predicted octanol–water partition coefficient (Wildman–Crippen LogP) is 2.15. The van der Waals surface area contributed by atoms with Crippen LogP contribution in [0.25, 0.3) is 0 Å². The van der Waals surface area contributed by atoms with Crippen LogP contribution in [0.15, 0.2) is 35.5 Å². The Morgan fingerprint density at radius 1 is 1.33 bits per heavy atom. The van der Waals surface area contributed by atoms with Crippen molar-refractivity contribution in [2.24, 2.45) is 5.92 Å². The normalized spacial score (nSPS) is 31.4. The summed E-state index contributed by atoms with van der Waals surface area (Å²) in [4.78, 5) is 50.0. The quantitative estimate of drug-likeness (QED) is 0.205. The highest BCUT2D eigenvalue weighted by Gasteiger charge is 2.52. The van der Waals surface area contributed by atoms with E-state index in [9.17, 15) is 24.3 Å². The van der Waals surface area contributed by atoms with Crippen LogP contribution < -0.4 is 0 Å². The molecule has 1 aliphatic carbocycles. The van der Waals surface area contributed by atoms with Crippen LogP contribution in [0.5, 0.6) is 0 Å². The van der Waals surface area contributed by atoms with Crippen LogP contribution >= 0.6 is 11.6 Å². The van der Waals surface area contributed by atoms with Crippen LogP contribution in [-0.4, -0.2) is 65.4 Å². The predicted molar refractivity (Wildman–Crippen MR) is 117 cm³/mol. The fraction of sp³-hybridized carbons (Fsp3) is 0.565. The van der Waals surface area contributed by atoms with Gasteiger partial charge in [0.25, 0.3) is 0 Å². The number of fused-ring (bicyclic) bond motifs is 1. The summed E-state index contributed by atoms with van der Waals surface area (Å²) in [5.41, 5.74) is -1.39. The summed E-state index contributed by atoms with van der Waals surface area (Å²) in [7, 11) is 1.16. The van der Waals surface area contributed by atoms with Crippen LogP contribution in [0.3, 0.4) is 0 Å². The van der Waals surface area contributed by atoms with E-state index in [1.54, 1.807) is 6.08 Å². The first kappa shape index (κ1) is 26.6. The van der Waals surface area contributed by atoms with Gasteiger partial charge >= 0.3 is 23.9 Å². The standard InChI is InChI=1S/C23H29ClO9/c1-11-8-7-9-15(21(27)30-6)18(31-14(4)25)19(33-22(28)23(5,29)13(3)24)17-12(2)20(26)32-16(17)10-11/h9-10,13,16-19,29H,2,7-8H2,1,3-6H3/b11-10+,15-9+/t13-,16-,17+,18+,19+,23-/m1/s1. The van der Waals surface area contributed by atoms with E-state index >= 15 is 0 Å². The average Bonchev–Trinajstić information content (AvgIpc) is 2.99. The van der Waals surface area contributed by atoms with Crippen molar-refractivity contribution < 1.29 is 43.2 Å². The first-order chi connectivity index (χ1) is 15.3. The van der Waals surface area contributed by atoms with Crippen molar-refractivity contribution in [3.63, 3.8) is 0 Å². The summed E-state index contributed by atoms with van der Waals surface area (Å²) in [6, 6.07) is 0. The van der Waals surface area contributed by atoms with Gasteiger partial charge in [0.05, 0.1) is 24.0 Å². The smallest absolute Gasteiger partial charge is 0.339 e. The van der Waals surface area contributed by atoms with Gasteiger partial charge in [-0.2, -0.15) is 0 Å². The van der Waals surface area contributed by atoms with Crippen molar-refractivity contribution >= 4 is 35.5 Å². The molecular weight excluding hydrogens is 456 g/mol. The number of carbonyl (C=O) groups excluding carboxylic acids is 4. The highest BCUT2D eigenvalue weighted by atomic mass is 35.5. The molecule has 1 aliphatic heterocycles. The number of allylic oxidation sites excluding steroid dienone is 2. The fourth-order valence-electron chi connectivity index (χ4n) is 3.60. The first-order valence-corrected chi connectivity index (χ1v) is 10.8. The summed E-state index contributed by atoms with van der Waals surface area (Å²) in [6.07, 6.45) is 0.283. The van der Waals surface area contributed by atoms with Gasteiger partial charge < -0.3 is 24.1 Å². The second-order valence-corrected chi connectivity index (χ2v) is 8.94. The van der Waals surface area contributed by atoms with Gasteiger partial charge in [-0.1, -0.05) is 18.2 Å². The summed E-state index contributed by atoms with van der Waals surface area (Å²) in [5.74, 6) is -4.47. The zero-order valence-corrected chi connectivity index (χ0v) is 20.0. The lowest BCUT2D eigenvalue weighted by Crippen LogP contribution is -2.51. The molecule has 182 valence electrons. The molecule has 0 aromatic rings. The third kappa shape index (κ3) is 5.83. The Morgan fingerprint density at radius 2 is 1.97 bits per heavy atom. The Balaban J connectivity index is 2.72. The third-order valence-corrected chi connectivity index (χ3v) is 6.14. The Kier molecular flexibility index (Phi) is 8.48. The van der Waals surface area contributed by atoms with E-state index < -0.39 is 59.1 Å². The van der Waals surface area contributed by atoms with E-state index in [-0.39, 0.29) is 11.1 Å². The third-order valence-electron chi connectivity index (χ3n) is 5.72. The maximum Gasteiger partial charge on any atom is 0.339 e. The number of alkyl halides is 1. The van der Waals surface area contributed by atoms with Crippen molar-refractivity contribution in [2.75, 3.05) is 7.11 Å². The summed E-state index contributed by atoms with van der Waals surface area (Å²) in [6.45, 7) is 9.28. The van der Waals surface area contributed by atoms with Crippen molar-refractivity contribution in [1.29, 1.82) is 0 Å². The molecule has 0 aromatic carbocycles. The molecular formula is C23H29ClO9. The molecule has 0 saturated carbocycles. The van der Waals surface area contributed by atoms with E-state index in [1.165, 1.54) is 13.0 Å².